The molecular weight excluding hydrogens is 440 g/mol. The Balaban J connectivity index is 1.70. The van der Waals surface area contributed by atoms with Crippen LogP contribution < -0.4 is 9.47 Å². The maximum Gasteiger partial charge on any atom is 0.250 e. The van der Waals surface area contributed by atoms with Crippen LogP contribution in [0, 0.1) is 12.8 Å². The van der Waals surface area contributed by atoms with Crippen molar-refractivity contribution in [3.63, 3.8) is 0 Å². The van der Waals surface area contributed by atoms with Crippen molar-refractivity contribution in [1.82, 2.24) is 9.80 Å². The summed E-state index contributed by atoms with van der Waals surface area (Å²) in [6.07, 6.45) is 4.09. The smallest absolute Gasteiger partial charge is 0.250 e. The molecule has 4 rings (SSSR count). The van der Waals surface area contributed by atoms with Crippen LogP contribution in [0.25, 0.3) is 0 Å². The number of amides is 2. The predicted octanol–water partition coefficient (Wildman–Crippen LogP) is 5.28. The van der Waals surface area contributed by atoms with Gasteiger partial charge in [-0.3, -0.25) is 9.59 Å². The second-order valence-electron chi connectivity index (χ2n) is 10.4. The van der Waals surface area contributed by atoms with Crippen LogP contribution in [0.2, 0.25) is 0 Å². The summed E-state index contributed by atoms with van der Waals surface area (Å²) in [6.45, 7) is 8.76. The molecule has 2 fully saturated rings. The molecule has 1 saturated carbocycles. The highest BCUT2D eigenvalue weighted by Gasteiger charge is 2.43. The zero-order valence-corrected chi connectivity index (χ0v) is 21.6. The highest BCUT2D eigenvalue weighted by Crippen LogP contribution is 2.38. The largest absolute Gasteiger partial charge is 0.493 e. The van der Waals surface area contributed by atoms with Gasteiger partial charge >= 0.3 is 0 Å². The third-order valence-electron chi connectivity index (χ3n) is 7.22. The van der Waals surface area contributed by atoms with E-state index in [1.807, 2.05) is 68.1 Å². The number of ether oxygens (including phenoxy) is 2. The molecule has 188 valence electrons. The minimum Gasteiger partial charge on any atom is -0.493 e. The second kappa shape index (κ2) is 10.7. The summed E-state index contributed by atoms with van der Waals surface area (Å²) in [7, 11) is 1.60. The van der Waals surface area contributed by atoms with Crippen LogP contribution in [0.3, 0.4) is 0 Å². The fourth-order valence-electron chi connectivity index (χ4n) is 5.21. The zero-order valence-electron chi connectivity index (χ0n) is 21.6. The average Bonchev–Trinajstić information content (AvgIpc) is 2.83. The van der Waals surface area contributed by atoms with Gasteiger partial charge in [0, 0.05) is 12.6 Å². The number of methoxy groups -OCH3 is 1. The number of carbonyl (C=O) groups is 2. The van der Waals surface area contributed by atoms with Crippen molar-refractivity contribution < 1.29 is 19.1 Å². The van der Waals surface area contributed by atoms with Gasteiger partial charge in [-0.2, -0.15) is 0 Å². The molecule has 0 radical (unpaired) electrons. The van der Waals surface area contributed by atoms with E-state index in [9.17, 15) is 9.59 Å². The third kappa shape index (κ3) is 5.63. The summed E-state index contributed by atoms with van der Waals surface area (Å²) in [5, 5.41) is 0. The summed E-state index contributed by atoms with van der Waals surface area (Å²) in [4.78, 5) is 31.2. The van der Waals surface area contributed by atoms with Crippen LogP contribution in [-0.4, -0.2) is 47.4 Å². The topological polar surface area (TPSA) is 59.1 Å². The van der Waals surface area contributed by atoms with Crippen molar-refractivity contribution in [3.8, 4) is 11.5 Å². The lowest BCUT2D eigenvalue weighted by Crippen LogP contribution is -2.58. The van der Waals surface area contributed by atoms with Gasteiger partial charge in [-0.15, -0.1) is 0 Å². The van der Waals surface area contributed by atoms with Crippen molar-refractivity contribution in [2.75, 3.05) is 13.7 Å². The summed E-state index contributed by atoms with van der Waals surface area (Å²) in [5.41, 5.74) is 2.92. The Morgan fingerprint density at radius 3 is 2.29 bits per heavy atom. The number of hydrogen-bond donors (Lipinski definition) is 0. The summed E-state index contributed by atoms with van der Waals surface area (Å²) >= 11 is 0. The molecule has 35 heavy (non-hydrogen) atoms. The van der Waals surface area contributed by atoms with Crippen molar-refractivity contribution in [2.24, 2.45) is 5.92 Å². The number of benzene rings is 2. The zero-order chi connectivity index (χ0) is 25.1. The first-order valence-electron chi connectivity index (χ1n) is 12.8. The first kappa shape index (κ1) is 25.1. The Kier molecular flexibility index (Phi) is 7.68. The number of aryl methyl sites for hydroxylation is 1. The molecule has 1 heterocycles. The van der Waals surface area contributed by atoms with Crippen LogP contribution in [0.5, 0.6) is 11.5 Å². The lowest BCUT2D eigenvalue weighted by Gasteiger charge is -2.45. The first-order chi connectivity index (χ1) is 16.8. The van der Waals surface area contributed by atoms with Crippen LogP contribution in [0.15, 0.2) is 42.5 Å². The fourth-order valence-corrected chi connectivity index (χ4v) is 5.21. The molecule has 2 aromatic rings. The van der Waals surface area contributed by atoms with E-state index in [4.69, 9.17) is 9.47 Å². The third-order valence-corrected chi connectivity index (χ3v) is 7.22. The lowest BCUT2D eigenvalue weighted by atomic mass is 9.85. The van der Waals surface area contributed by atoms with Gasteiger partial charge in [0.2, 0.25) is 5.91 Å². The highest BCUT2D eigenvalue weighted by atomic mass is 16.5. The Morgan fingerprint density at radius 2 is 1.66 bits per heavy atom. The molecule has 0 spiro atoms. The Labute approximate surface area is 209 Å². The van der Waals surface area contributed by atoms with E-state index in [0.29, 0.717) is 24.0 Å². The normalized spacial score (nSPS) is 23.1. The molecule has 2 aromatic carbocycles. The number of hydrogen-bond acceptors (Lipinski definition) is 4. The molecule has 2 amide bonds. The van der Waals surface area contributed by atoms with Crippen molar-refractivity contribution >= 4 is 11.8 Å². The minimum absolute atomic E-state index is 0.00385. The Hall–Kier alpha value is -3.02. The number of piperazine rings is 1. The van der Waals surface area contributed by atoms with Gasteiger partial charge < -0.3 is 19.3 Å². The molecule has 1 saturated heterocycles. The average molecular weight is 479 g/mol. The van der Waals surface area contributed by atoms with Crippen molar-refractivity contribution in [3.05, 3.63) is 59.2 Å². The Morgan fingerprint density at radius 1 is 0.971 bits per heavy atom. The maximum absolute atomic E-state index is 14.0. The molecule has 1 atom stereocenters. The standard InChI is InChI=1S/C29H38N2O4/c1-19(2)35-25-15-12-23(16-26(25)34-5)28-29(33)30(24-13-8-21(4)9-14-24)18-27(32)31(28)17-22-10-6-20(3)7-11-22/h6-7,10-12,15-16,19,21,24,28H,8-9,13-14,17-18H2,1-5H3/t21?,24?,28-/m0/s1. The molecule has 2 aliphatic rings. The molecule has 6 heteroatoms. The first-order valence-corrected chi connectivity index (χ1v) is 12.8. The number of nitrogens with zero attached hydrogens (tertiary/aromatic N) is 2. The van der Waals surface area contributed by atoms with Gasteiger partial charge in [0.1, 0.15) is 12.6 Å². The molecule has 0 aromatic heterocycles. The van der Waals surface area contributed by atoms with Gasteiger partial charge in [0.25, 0.3) is 5.91 Å². The van der Waals surface area contributed by atoms with Crippen LogP contribution in [0.4, 0.5) is 0 Å². The van der Waals surface area contributed by atoms with E-state index in [0.717, 1.165) is 42.4 Å². The van der Waals surface area contributed by atoms with E-state index >= 15 is 0 Å². The van der Waals surface area contributed by atoms with E-state index in [2.05, 4.69) is 6.92 Å². The molecule has 6 nitrogen and oxygen atoms in total. The summed E-state index contributed by atoms with van der Waals surface area (Å²) in [5.74, 6) is 1.85. The molecule has 0 N–H and O–H groups in total. The van der Waals surface area contributed by atoms with E-state index in [1.54, 1.807) is 12.0 Å². The quantitative estimate of drug-likeness (QED) is 0.543. The monoisotopic (exact) mass is 478 g/mol. The second-order valence-corrected chi connectivity index (χ2v) is 10.4. The molecular formula is C29H38N2O4. The summed E-state index contributed by atoms with van der Waals surface area (Å²) in [6, 6.07) is 13.1. The summed E-state index contributed by atoms with van der Waals surface area (Å²) < 4.78 is 11.5. The molecule has 0 bridgehead atoms. The van der Waals surface area contributed by atoms with Crippen LogP contribution in [-0.2, 0) is 16.1 Å². The van der Waals surface area contributed by atoms with Gasteiger partial charge in [-0.25, -0.2) is 0 Å². The minimum atomic E-state index is -0.695. The molecule has 1 aliphatic heterocycles. The number of carbonyl (C=O) groups excluding carboxylic acids is 2. The SMILES string of the molecule is COc1cc([C@H]2C(=O)N(C3CCC(C)CC3)CC(=O)N2Cc2ccc(C)cc2)ccc1OC(C)C. The van der Waals surface area contributed by atoms with Crippen molar-refractivity contribution in [2.45, 2.75) is 78.1 Å². The van der Waals surface area contributed by atoms with Crippen molar-refractivity contribution in [1.29, 1.82) is 0 Å². The van der Waals surface area contributed by atoms with Gasteiger partial charge in [-0.05, 0) is 75.6 Å². The highest BCUT2D eigenvalue weighted by molar-refractivity contribution is 5.96. The van der Waals surface area contributed by atoms with Crippen LogP contribution >= 0.6 is 0 Å². The van der Waals surface area contributed by atoms with E-state index in [1.165, 1.54) is 0 Å². The fraction of sp³-hybridized carbons (Fsp3) is 0.517. The number of rotatable bonds is 7. The van der Waals surface area contributed by atoms with Gasteiger partial charge in [-0.1, -0.05) is 42.8 Å². The van der Waals surface area contributed by atoms with E-state index in [-0.39, 0.29) is 30.5 Å². The Bertz CT molecular complexity index is 1040. The van der Waals surface area contributed by atoms with Crippen LogP contribution in [0.1, 0.15) is 69.2 Å². The molecule has 0 unspecified atom stereocenters. The van der Waals surface area contributed by atoms with Gasteiger partial charge in [0.15, 0.2) is 11.5 Å². The van der Waals surface area contributed by atoms with E-state index < -0.39 is 6.04 Å². The predicted molar refractivity (Wildman–Crippen MR) is 136 cm³/mol. The molecule has 1 aliphatic carbocycles. The maximum atomic E-state index is 14.0. The lowest BCUT2D eigenvalue weighted by molar-refractivity contribution is -0.160. The van der Waals surface area contributed by atoms with Gasteiger partial charge in [0.05, 0.1) is 13.2 Å².